The smallest absolute Gasteiger partial charge is 0.242 e. The molecule has 7 heteroatoms. The lowest BCUT2D eigenvalue weighted by molar-refractivity contribution is -0.126. The Morgan fingerprint density at radius 2 is 2.37 bits per heavy atom. The van der Waals surface area contributed by atoms with Crippen LogP contribution in [0.25, 0.3) is 0 Å². The molecule has 0 saturated carbocycles. The van der Waals surface area contributed by atoms with Gasteiger partial charge < -0.3 is 20.7 Å². The summed E-state index contributed by atoms with van der Waals surface area (Å²) in [6.07, 6.45) is 3.13. The summed E-state index contributed by atoms with van der Waals surface area (Å²) in [6.45, 7) is 2.09. The lowest BCUT2D eigenvalue weighted by Gasteiger charge is -2.29. The molecule has 1 unspecified atom stereocenters. The minimum atomic E-state index is -0.363. The molecule has 2 aliphatic heterocycles. The molecule has 19 heavy (non-hydrogen) atoms. The van der Waals surface area contributed by atoms with Gasteiger partial charge in [0.25, 0.3) is 0 Å². The van der Waals surface area contributed by atoms with E-state index in [9.17, 15) is 9.59 Å². The van der Waals surface area contributed by atoms with E-state index in [4.69, 9.17) is 4.74 Å². The summed E-state index contributed by atoms with van der Waals surface area (Å²) in [5.74, 6) is -0.134. The van der Waals surface area contributed by atoms with E-state index in [1.54, 1.807) is 7.11 Å². The second kappa shape index (κ2) is 7.07. The molecule has 2 aliphatic rings. The quantitative estimate of drug-likeness (QED) is 0.642. The fraction of sp³-hybridized carbons (Fsp3) is 0.833. The fourth-order valence-electron chi connectivity index (χ4n) is 2.66. The Hall–Kier alpha value is -0.850. The third kappa shape index (κ3) is 4.06. The standard InChI is InChI=1S/C12H21N3O3.ClH/c1-18-8-12(5-2-6-14-12)7-13-11(17)9-3-4-10(16)15-9;/h9,14H,2-8H2,1H3,(H,13,17)(H,15,16);1H/t9-,12?;/m0./s1. The zero-order valence-corrected chi connectivity index (χ0v) is 12.0. The fourth-order valence-corrected chi connectivity index (χ4v) is 2.66. The number of carbonyl (C=O) groups excluding carboxylic acids is 2. The maximum atomic E-state index is 11.9. The summed E-state index contributed by atoms with van der Waals surface area (Å²) in [6, 6.07) is -0.363. The third-order valence-corrected chi connectivity index (χ3v) is 3.67. The third-order valence-electron chi connectivity index (χ3n) is 3.67. The molecular weight excluding hydrogens is 270 g/mol. The highest BCUT2D eigenvalue weighted by Gasteiger charge is 2.35. The lowest BCUT2D eigenvalue weighted by atomic mass is 9.98. The van der Waals surface area contributed by atoms with Crippen molar-refractivity contribution in [2.75, 3.05) is 26.8 Å². The Morgan fingerprint density at radius 1 is 1.58 bits per heavy atom. The van der Waals surface area contributed by atoms with Gasteiger partial charge in [0.05, 0.1) is 12.1 Å². The molecule has 2 fully saturated rings. The van der Waals surface area contributed by atoms with E-state index in [0.29, 0.717) is 26.0 Å². The molecule has 0 aromatic rings. The minimum Gasteiger partial charge on any atom is -0.383 e. The number of amides is 2. The van der Waals surface area contributed by atoms with Crippen LogP contribution in [0.15, 0.2) is 0 Å². The van der Waals surface area contributed by atoms with Crippen molar-refractivity contribution in [2.24, 2.45) is 0 Å². The second-order valence-corrected chi connectivity index (χ2v) is 5.12. The van der Waals surface area contributed by atoms with Gasteiger partial charge in [-0.2, -0.15) is 0 Å². The average molecular weight is 292 g/mol. The van der Waals surface area contributed by atoms with Crippen LogP contribution in [0, 0.1) is 0 Å². The van der Waals surface area contributed by atoms with E-state index in [1.165, 1.54) is 0 Å². The number of halogens is 1. The van der Waals surface area contributed by atoms with Crippen LogP contribution in [0.3, 0.4) is 0 Å². The van der Waals surface area contributed by atoms with Crippen molar-refractivity contribution in [1.82, 2.24) is 16.0 Å². The molecule has 0 aromatic heterocycles. The van der Waals surface area contributed by atoms with Crippen molar-refractivity contribution in [2.45, 2.75) is 37.3 Å². The van der Waals surface area contributed by atoms with Gasteiger partial charge in [-0.05, 0) is 25.8 Å². The van der Waals surface area contributed by atoms with Gasteiger partial charge in [-0.15, -0.1) is 12.4 Å². The summed E-state index contributed by atoms with van der Waals surface area (Å²) in [4.78, 5) is 23.0. The van der Waals surface area contributed by atoms with Gasteiger partial charge in [-0.1, -0.05) is 0 Å². The maximum absolute atomic E-state index is 11.9. The van der Waals surface area contributed by atoms with E-state index < -0.39 is 0 Å². The van der Waals surface area contributed by atoms with E-state index in [0.717, 1.165) is 19.4 Å². The largest absolute Gasteiger partial charge is 0.383 e. The van der Waals surface area contributed by atoms with Gasteiger partial charge in [0.15, 0.2) is 0 Å². The Morgan fingerprint density at radius 3 is 2.89 bits per heavy atom. The highest BCUT2D eigenvalue weighted by atomic mass is 35.5. The molecule has 2 rings (SSSR count). The number of hydrogen-bond acceptors (Lipinski definition) is 4. The molecule has 0 spiro atoms. The molecule has 0 aliphatic carbocycles. The molecule has 2 heterocycles. The van der Waals surface area contributed by atoms with E-state index in [-0.39, 0.29) is 35.8 Å². The molecule has 0 radical (unpaired) electrons. The molecule has 2 saturated heterocycles. The number of hydrogen-bond donors (Lipinski definition) is 3. The van der Waals surface area contributed by atoms with Crippen LogP contribution >= 0.6 is 12.4 Å². The second-order valence-electron chi connectivity index (χ2n) is 5.12. The molecular formula is C12H22ClN3O3. The highest BCUT2D eigenvalue weighted by molar-refractivity contribution is 5.90. The molecule has 2 atom stereocenters. The zero-order valence-electron chi connectivity index (χ0n) is 11.2. The first kappa shape index (κ1) is 16.2. The Kier molecular flexibility index (Phi) is 6.03. The summed E-state index contributed by atoms with van der Waals surface area (Å²) < 4.78 is 5.22. The number of ether oxygens (including phenoxy) is 1. The summed E-state index contributed by atoms with van der Waals surface area (Å²) in [5.41, 5.74) is -0.146. The Balaban J connectivity index is 0.00000180. The molecule has 6 nitrogen and oxygen atoms in total. The Labute approximate surface area is 119 Å². The number of nitrogens with one attached hydrogen (secondary N) is 3. The van der Waals surface area contributed by atoms with Crippen molar-refractivity contribution >= 4 is 24.2 Å². The summed E-state index contributed by atoms with van der Waals surface area (Å²) in [5, 5.41) is 8.99. The van der Waals surface area contributed by atoms with Crippen LogP contribution in [0.1, 0.15) is 25.7 Å². The lowest BCUT2D eigenvalue weighted by Crippen LogP contribution is -2.55. The first-order chi connectivity index (χ1) is 8.65. The van der Waals surface area contributed by atoms with Crippen LogP contribution in [0.5, 0.6) is 0 Å². The topological polar surface area (TPSA) is 79.5 Å². The average Bonchev–Trinajstić information content (AvgIpc) is 2.97. The van der Waals surface area contributed by atoms with Crippen molar-refractivity contribution in [3.8, 4) is 0 Å². The molecule has 2 amide bonds. The van der Waals surface area contributed by atoms with Crippen LogP contribution in [0.2, 0.25) is 0 Å². The molecule has 0 bridgehead atoms. The predicted molar refractivity (Wildman–Crippen MR) is 73.3 cm³/mol. The molecule has 0 aromatic carbocycles. The molecule has 110 valence electrons. The first-order valence-corrected chi connectivity index (χ1v) is 6.46. The van der Waals surface area contributed by atoms with Crippen LogP contribution in [-0.2, 0) is 14.3 Å². The van der Waals surface area contributed by atoms with Crippen molar-refractivity contribution in [1.29, 1.82) is 0 Å². The predicted octanol–water partition coefficient (Wildman–Crippen LogP) is -0.428. The van der Waals surface area contributed by atoms with Gasteiger partial charge in [0.1, 0.15) is 6.04 Å². The van der Waals surface area contributed by atoms with Gasteiger partial charge >= 0.3 is 0 Å². The SMILES string of the molecule is COCC1(CNC(=O)[C@@H]2CCC(=O)N2)CCCN1.Cl. The van der Waals surface area contributed by atoms with E-state index in [2.05, 4.69) is 16.0 Å². The van der Waals surface area contributed by atoms with E-state index >= 15 is 0 Å². The summed E-state index contributed by atoms with van der Waals surface area (Å²) >= 11 is 0. The van der Waals surface area contributed by atoms with Crippen molar-refractivity contribution in [3.63, 3.8) is 0 Å². The van der Waals surface area contributed by atoms with Crippen molar-refractivity contribution in [3.05, 3.63) is 0 Å². The normalized spacial score (nSPS) is 29.7. The minimum absolute atomic E-state index is 0. The van der Waals surface area contributed by atoms with Gasteiger partial charge in [0.2, 0.25) is 11.8 Å². The molecule has 3 N–H and O–H groups in total. The van der Waals surface area contributed by atoms with Crippen LogP contribution in [-0.4, -0.2) is 50.2 Å². The number of carbonyl (C=O) groups is 2. The first-order valence-electron chi connectivity index (χ1n) is 6.46. The van der Waals surface area contributed by atoms with E-state index in [1.807, 2.05) is 0 Å². The Bertz CT molecular complexity index is 332. The number of methoxy groups -OCH3 is 1. The summed E-state index contributed by atoms with van der Waals surface area (Å²) in [7, 11) is 1.67. The monoisotopic (exact) mass is 291 g/mol. The van der Waals surface area contributed by atoms with Gasteiger partial charge in [0, 0.05) is 20.1 Å². The number of rotatable bonds is 5. The van der Waals surface area contributed by atoms with Crippen molar-refractivity contribution < 1.29 is 14.3 Å². The van der Waals surface area contributed by atoms with Gasteiger partial charge in [-0.25, -0.2) is 0 Å². The maximum Gasteiger partial charge on any atom is 0.242 e. The van der Waals surface area contributed by atoms with Gasteiger partial charge in [-0.3, -0.25) is 9.59 Å². The van der Waals surface area contributed by atoms with Crippen LogP contribution < -0.4 is 16.0 Å². The van der Waals surface area contributed by atoms with Crippen LogP contribution in [0.4, 0.5) is 0 Å². The highest BCUT2D eigenvalue weighted by Crippen LogP contribution is 2.19. The zero-order chi connectivity index (χ0) is 13.0.